The minimum absolute atomic E-state index is 0.135. The molecule has 0 spiro atoms. The van der Waals surface area contributed by atoms with Crippen LogP contribution in [0.1, 0.15) is 17.7 Å². The van der Waals surface area contributed by atoms with E-state index in [-0.39, 0.29) is 5.82 Å². The van der Waals surface area contributed by atoms with Crippen LogP contribution in [0.5, 0.6) is 0 Å². The molecule has 106 valence electrons. The van der Waals surface area contributed by atoms with Crippen molar-refractivity contribution in [2.75, 3.05) is 23.3 Å². The van der Waals surface area contributed by atoms with Crippen LogP contribution in [0.15, 0.2) is 34.1 Å². The smallest absolute Gasteiger partial charge is 0.148 e. The first-order valence-corrected chi connectivity index (χ1v) is 8.41. The Hall–Kier alpha value is -1.07. The van der Waals surface area contributed by atoms with E-state index in [0.717, 1.165) is 48.3 Å². The molecule has 1 aliphatic heterocycles. The van der Waals surface area contributed by atoms with Crippen molar-refractivity contribution in [1.82, 2.24) is 0 Å². The van der Waals surface area contributed by atoms with Crippen LogP contribution < -0.4 is 10.2 Å². The Morgan fingerprint density at radius 3 is 2.70 bits per heavy atom. The topological polar surface area (TPSA) is 15.3 Å². The summed E-state index contributed by atoms with van der Waals surface area (Å²) >= 11 is 5.12. The Morgan fingerprint density at radius 1 is 1.25 bits per heavy atom. The van der Waals surface area contributed by atoms with E-state index in [2.05, 4.69) is 32.2 Å². The van der Waals surface area contributed by atoms with E-state index in [1.54, 1.807) is 17.4 Å². The second kappa shape index (κ2) is 6.14. The van der Waals surface area contributed by atoms with Gasteiger partial charge < -0.3 is 10.2 Å². The highest BCUT2D eigenvalue weighted by Crippen LogP contribution is 2.27. The van der Waals surface area contributed by atoms with Crippen LogP contribution in [0.4, 0.5) is 15.8 Å². The van der Waals surface area contributed by atoms with Gasteiger partial charge in [0.15, 0.2) is 0 Å². The van der Waals surface area contributed by atoms with Gasteiger partial charge in [-0.3, -0.25) is 0 Å². The predicted molar refractivity (Wildman–Crippen MR) is 87.2 cm³/mol. The van der Waals surface area contributed by atoms with Crippen LogP contribution in [0, 0.1) is 5.82 Å². The van der Waals surface area contributed by atoms with E-state index in [1.807, 2.05) is 17.5 Å². The molecular formula is C15H16BrFN2S. The number of nitrogens with zero attached hydrogens (tertiary/aromatic N) is 1. The fourth-order valence-electron chi connectivity index (χ4n) is 2.47. The van der Waals surface area contributed by atoms with Crippen molar-refractivity contribution in [3.63, 3.8) is 0 Å². The van der Waals surface area contributed by atoms with Crippen molar-refractivity contribution >= 4 is 38.6 Å². The molecule has 3 rings (SSSR count). The quantitative estimate of drug-likeness (QED) is 0.842. The molecule has 1 aromatic heterocycles. The van der Waals surface area contributed by atoms with Gasteiger partial charge in [-0.25, -0.2) is 4.39 Å². The number of hydrogen-bond acceptors (Lipinski definition) is 3. The summed E-state index contributed by atoms with van der Waals surface area (Å²) in [6, 6.07) is 7.51. The van der Waals surface area contributed by atoms with E-state index >= 15 is 0 Å². The second-order valence-electron chi connectivity index (χ2n) is 4.95. The van der Waals surface area contributed by atoms with Gasteiger partial charge in [0, 0.05) is 40.1 Å². The van der Waals surface area contributed by atoms with Crippen LogP contribution >= 0.6 is 27.3 Å². The molecule has 0 amide bonds. The average molecular weight is 355 g/mol. The van der Waals surface area contributed by atoms with Gasteiger partial charge in [0.2, 0.25) is 0 Å². The Morgan fingerprint density at radius 2 is 2.05 bits per heavy atom. The maximum absolute atomic E-state index is 14.1. The van der Waals surface area contributed by atoms with Crippen LogP contribution in [-0.4, -0.2) is 13.1 Å². The summed E-state index contributed by atoms with van der Waals surface area (Å²) < 4.78 is 15.2. The summed E-state index contributed by atoms with van der Waals surface area (Å²) in [7, 11) is 0. The number of hydrogen-bond donors (Lipinski definition) is 1. The van der Waals surface area contributed by atoms with Gasteiger partial charge in [0.25, 0.3) is 0 Å². The van der Waals surface area contributed by atoms with E-state index in [9.17, 15) is 4.39 Å². The van der Waals surface area contributed by atoms with Crippen molar-refractivity contribution in [2.45, 2.75) is 19.4 Å². The second-order valence-corrected chi connectivity index (χ2v) is 6.86. The lowest BCUT2D eigenvalue weighted by Crippen LogP contribution is -2.18. The fraction of sp³-hybridized carbons (Fsp3) is 0.333. The largest absolute Gasteiger partial charge is 0.380 e. The highest BCUT2D eigenvalue weighted by molar-refractivity contribution is 9.10. The lowest BCUT2D eigenvalue weighted by atomic mass is 10.2. The van der Waals surface area contributed by atoms with Crippen molar-refractivity contribution in [3.05, 3.63) is 44.8 Å². The third-order valence-corrected chi connectivity index (χ3v) is 5.18. The molecule has 0 unspecified atom stereocenters. The van der Waals surface area contributed by atoms with Gasteiger partial charge in [-0.1, -0.05) is 0 Å². The van der Waals surface area contributed by atoms with Crippen molar-refractivity contribution in [1.29, 1.82) is 0 Å². The average Bonchev–Trinajstić information content (AvgIpc) is 3.08. The monoisotopic (exact) mass is 354 g/mol. The van der Waals surface area contributed by atoms with E-state index < -0.39 is 0 Å². The zero-order valence-electron chi connectivity index (χ0n) is 11.0. The molecule has 1 aromatic carbocycles. The minimum Gasteiger partial charge on any atom is -0.380 e. The minimum atomic E-state index is -0.135. The molecule has 2 aromatic rings. The van der Waals surface area contributed by atoms with Crippen molar-refractivity contribution in [3.8, 4) is 0 Å². The van der Waals surface area contributed by atoms with Crippen molar-refractivity contribution in [2.24, 2.45) is 0 Å². The van der Waals surface area contributed by atoms with Gasteiger partial charge >= 0.3 is 0 Å². The Balaban J connectivity index is 1.67. The first-order chi connectivity index (χ1) is 9.72. The molecule has 0 bridgehead atoms. The number of rotatable bonds is 4. The summed E-state index contributed by atoms with van der Waals surface area (Å²) in [5, 5.41) is 5.31. The normalized spacial score (nSPS) is 14.8. The zero-order chi connectivity index (χ0) is 13.9. The van der Waals surface area contributed by atoms with Crippen LogP contribution in [-0.2, 0) is 6.54 Å². The van der Waals surface area contributed by atoms with E-state index in [1.165, 1.54) is 4.88 Å². The predicted octanol–water partition coefficient (Wildman–Crippen LogP) is 4.86. The molecule has 0 radical (unpaired) electrons. The van der Waals surface area contributed by atoms with Crippen LogP contribution in [0.25, 0.3) is 0 Å². The molecule has 1 saturated heterocycles. The van der Waals surface area contributed by atoms with Gasteiger partial charge in [0.05, 0.1) is 5.69 Å². The molecule has 0 saturated carbocycles. The fourth-order valence-corrected chi connectivity index (χ4v) is 3.86. The SMILES string of the molecule is Fc1cc(NCc2cc(Br)cs2)ccc1N1CCCC1. The van der Waals surface area contributed by atoms with Crippen LogP contribution in [0.2, 0.25) is 0 Å². The molecule has 0 atom stereocenters. The standard InChI is InChI=1S/C15H16BrFN2S/c16-11-7-13(20-10-11)9-18-12-3-4-15(14(17)8-12)19-5-1-2-6-19/h3-4,7-8,10,18H,1-2,5-6,9H2. The number of anilines is 2. The maximum Gasteiger partial charge on any atom is 0.148 e. The third kappa shape index (κ3) is 3.15. The van der Waals surface area contributed by atoms with Gasteiger partial charge in [-0.05, 0) is 53.0 Å². The molecule has 1 fully saturated rings. The number of thiophene rings is 1. The maximum atomic E-state index is 14.1. The summed E-state index contributed by atoms with van der Waals surface area (Å²) in [5.74, 6) is -0.135. The molecule has 20 heavy (non-hydrogen) atoms. The van der Waals surface area contributed by atoms with E-state index in [4.69, 9.17) is 0 Å². The first kappa shape index (κ1) is 13.9. The van der Waals surface area contributed by atoms with E-state index in [0.29, 0.717) is 0 Å². The highest BCUT2D eigenvalue weighted by Gasteiger charge is 2.16. The molecular weight excluding hydrogens is 339 g/mol. The summed E-state index contributed by atoms with van der Waals surface area (Å²) in [5.41, 5.74) is 1.56. The van der Waals surface area contributed by atoms with Gasteiger partial charge in [-0.2, -0.15) is 0 Å². The van der Waals surface area contributed by atoms with Gasteiger partial charge in [-0.15, -0.1) is 11.3 Å². The molecule has 2 nitrogen and oxygen atoms in total. The first-order valence-electron chi connectivity index (χ1n) is 6.74. The Kier molecular flexibility index (Phi) is 4.27. The summed E-state index contributed by atoms with van der Waals surface area (Å²) in [6.07, 6.45) is 2.32. The number of nitrogens with one attached hydrogen (secondary N) is 1. The third-order valence-electron chi connectivity index (χ3n) is 3.48. The number of halogens is 2. The van der Waals surface area contributed by atoms with Gasteiger partial charge in [0.1, 0.15) is 5.82 Å². The molecule has 1 aliphatic rings. The zero-order valence-corrected chi connectivity index (χ0v) is 13.4. The molecule has 0 aliphatic carbocycles. The summed E-state index contributed by atoms with van der Waals surface area (Å²) in [6.45, 7) is 2.65. The lowest BCUT2D eigenvalue weighted by molar-refractivity contribution is 0.623. The lowest BCUT2D eigenvalue weighted by Gasteiger charge is -2.19. The molecule has 5 heteroatoms. The molecule has 2 heterocycles. The summed E-state index contributed by atoms with van der Waals surface area (Å²) in [4.78, 5) is 3.34. The Labute approximate surface area is 130 Å². The highest BCUT2D eigenvalue weighted by atomic mass is 79.9. The van der Waals surface area contributed by atoms with Crippen molar-refractivity contribution < 1.29 is 4.39 Å². The molecule has 1 N–H and O–H groups in total. The van der Waals surface area contributed by atoms with Crippen LogP contribution in [0.3, 0.4) is 0 Å². The number of benzene rings is 1. The Bertz CT molecular complexity index is 593.